The molecule has 0 bridgehead atoms. The molecule has 0 fully saturated rings. The lowest BCUT2D eigenvalue weighted by Crippen LogP contribution is -2.30. The van der Waals surface area contributed by atoms with Crippen LogP contribution >= 0.6 is 11.3 Å². The number of fused-ring (bicyclic) bond motifs is 2. The van der Waals surface area contributed by atoms with Gasteiger partial charge in [-0.1, -0.05) is 0 Å². The van der Waals surface area contributed by atoms with Gasteiger partial charge in [0.15, 0.2) is 5.69 Å². The van der Waals surface area contributed by atoms with Gasteiger partial charge >= 0.3 is 5.97 Å². The van der Waals surface area contributed by atoms with Crippen LogP contribution in [-0.4, -0.2) is 39.7 Å². The van der Waals surface area contributed by atoms with Crippen molar-refractivity contribution in [3.8, 4) is 0 Å². The summed E-state index contributed by atoms with van der Waals surface area (Å²) < 4.78 is 18.9. The quantitative estimate of drug-likeness (QED) is 0.738. The van der Waals surface area contributed by atoms with Crippen molar-refractivity contribution in [2.45, 2.75) is 19.5 Å². The Labute approximate surface area is 141 Å². The summed E-state index contributed by atoms with van der Waals surface area (Å²) in [6.07, 6.45) is 0.791. The van der Waals surface area contributed by atoms with Gasteiger partial charge < -0.3 is 4.74 Å². The van der Waals surface area contributed by atoms with E-state index >= 15 is 0 Å². The van der Waals surface area contributed by atoms with E-state index < -0.39 is 5.97 Å². The highest BCUT2D eigenvalue weighted by atomic mass is 32.1. The molecule has 2 aromatic heterocycles. The van der Waals surface area contributed by atoms with Crippen LogP contribution in [0.4, 0.5) is 4.39 Å². The molecular weight excluding hydrogens is 331 g/mol. The lowest BCUT2D eigenvalue weighted by molar-refractivity contribution is 0.0591. The van der Waals surface area contributed by atoms with Gasteiger partial charge in [0.25, 0.3) is 0 Å². The van der Waals surface area contributed by atoms with E-state index in [1.807, 2.05) is 0 Å². The summed E-state index contributed by atoms with van der Waals surface area (Å²) in [5.41, 5.74) is 3.04. The minimum atomic E-state index is -0.426. The molecule has 0 atom stereocenters. The van der Waals surface area contributed by atoms with Crippen LogP contribution in [0.2, 0.25) is 0 Å². The van der Waals surface area contributed by atoms with E-state index in [2.05, 4.69) is 20.1 Å². The van der Waals surface area contributed by atoms with Crippen LogP contribution < -0.4 is 0 Å². The van der Waals surface area contributed by atoms with Gasteiger partial charge in [-0.15, -0.1) is 11.3 Å². The largest absolute Gasteiger partial charge is 0.464 e. The topological polar surface area (TPSA) is 71.1 Å². The number of hydrogen-bond donors (Lipinski definition) is 1. The molecule has 6 nitrogen and oxygen atoms in total. The minimum absolute atomic E-state index is 0.249. The Bertz CT molecular complexity index is 920. The molecule has 24 heavy (non-hydrogen) atoms. The molecule has 124 valence electrons. The number of aromatic amines is 1. The molecule has 8 heteroatoms. The molecule has 0 amide bonds. The standard InChI is InChI=1S/C16H15FN4O2S/c1-23-16(22)15-10-7-21(5-4-11(10)19-20-15)8-14-18-12-3-2-9(17)6-13(12)24-14/h2-3,6H,4-5,7-8H2,1H3,(H,19,20). The second-order valence-electron chi connectivity index (χ2n) is 5.70. The van der Waals surface area contributed by atoms with Crippen LogP contribution in [0, 0.1) is 5.82 Å². The molecule has 0 saturated heterocycles. The van der Waals surface area contributed by atoms with E-state index in [1.54, 1.807) is 6.07 Å². The summed E-state index contributed by atoms with van der Waals surface area (Å²) in [6.45, 7) is 2.12. The first-order valence-corrected chi connectivity index (χ1v) is 8.37. The zero-order valence-corrected chi connectivity index (χ0v) is 13.8. The molecule has 3 heterocycles. The Balaban J connectivity index is 1.55. The molecule has 4 rings (SSSR count). The second kappa shape index (κ2) is 5.95. The number of nitrogens with zero attached hydrogens (tertiary/aromatic N) is 3. The van der Waals surface area contributed by atoms with Crippen LogP contribution in [-0.2, 0) is 24.2 Å². The van der Waals surface area contributed by atoms with E-state index in [-0.39, 0.29) is 5.82 Å². The van der Waals surface area contributed by atoms with Gasteiger partial charge in [-0.25, -0.2) is 14.2 Å². The number of halogens is 1. The number of methoxy groups -OCH3 is 1. The Hall–Kier alpha value is -2.32. The van der Waals surface area contributed by atoms with Crippen LogP contribution in [0.15, 0.2) is 18.2 Å². The Kier molecular flexibility index (Phi) is 3.78. The first-order valence-electron chi connectivity index (χ1n) is 7.56. The minimum Gasteiger partial charge on any atom is -0.464 e. The molecule has 1 aromatic carbocycles. The van der Waals surface area contributed by atoms with Gasteiger partial charge in [0.1, 0.15) is 10.8 Å². The highest BCUT2D eigenvalue weighted by Crippen LogP contribution is 2.26. The number of esters is 1. The third kappa shape index (κ3) is 2.67. The van der Waals surface area contributed by atoms with Gasteiger partial charge in [-0.2, -0.15) is 5.10 Å². The predicted octanol–water partition coefficient (Wildman–Crippen LogP) is 2.50. The number of nitrogens with one attached hydrogen (secondary N) is 1. The second-order valence-corrected chi connectivity index (χ2v) is 6.82. The fourth-order valence-electron chi connectivity index (χ4n) is 2.96. The highest BCUT2D eigenvalue weighted by molar-refractivity contribution is 7.18. The number of H-pyrrole nitrogens is 1. The molecule has 0 saturated carbocycles. The number of aromatic nitrogens is 3. The van der Waals surface area contributed by atoms with Crippen molar-refractivity contribution in [2.24, 2.45) is 0 Å². The highest BCUT2D eigenvalue weighted by Gasteiger charge is 2.26. The normalized spacial score (nSPS) is 14.8. The SMILES string of the molecule is COC(=O)c1n[nH]c2c1CN(Cc1nc3ccc(F)cc3s1)CC2. The monoisotopic (exact) mass is 346 g/mol. The van der Waals surface area contributed by atoms with Crippen molar-refractivity contribution < 1.29 is 13.9 Å². The number of thiazole rings is 1. The molecule has 0 aliphatic carbocycles. The summed E-state index contributed by atoms with van der Waals surface area (Å²) in [4.78, 5) is 18.6. The number of rotatable bonds is 3. The summed E-state index contributed by atoms with van der Waals surface area (Å²) in [5.74, 6) is -0.675. The maximum atomic E-state index is 13.3. The Morgan fingerprint density at radius 3 is 3.21 bits per heavy atom. The summed E-state index contributed by atoms with van der Waals surface area (Å²) >= 11 is 1.50. The van der Waals surface area contributed by atoms with E-state index in [4.69, 9.17) is 4.74 Å². The van der Waals surface area contributed by atoms with E-state index in [0.29, 0.717) is 18.8 Å². The number of carbonyl (C=O) groups is 1. The molecule has 1 aliphatic rings. The summed E-state index contributed by atoms with van der Waals surface area (Å²) in [6, 6.07) is 4.63. The van der Waals surface area contributed by atoms with E-state index in [1.165, 1.54) is 30.6 Å². The average Bonchev–Trinajstić information content (AvgIpc) is 3.16. The molecular formula is C16H15FN4O2S. The van der Waals surface area contributed by atoms with Crippen molar-refractivity contribution in [1.82, 2.24) is 20.1 Å². The van der Waals surface area contributed by atoms with Gasteiger partial charge in [0.2, 0.25) is 0 Å². The number of hydrogen-bond acceptors (Lipinski definition) is 6. The first-order chi connectivity index (χ1) is 11.6. The van der Waals surface area contributed by atoms with Gasteiger partial charge in [-0.3, -0.25) is 10.00 Å². The maximum Gasteiger partial charge on any atom is 0.358 e. The van der Waals surface area contributed by atoms with Gasteiger partial charge in [-0.05, 0) is 18.2 Å². The van der Waals surface area contributed by atoms with Crippen LogP contribution in [0.1, 0.15) is 26.8 Å². The van der Waals surface area contributed by atoms with Crippen molar-refractivity contribution >= 4 is 27.5 Å². The summed E-state index contributed by atoms with van der Waals surface area (Å²) in [7, 11) is 1.35. The van der Waals surface area contributed by atoms with Crippen molar-refractivity contribution in [1.29, 1.82) is 0 Å². The first kappa shape index (κ1) is 15.2. The fraction of sp³-hybridized carbons (Fsp3) is 0.312. The van der Waals surface area contributed by atoms with Crippen molar-refractivity contribution in [3.63, 3.8) is 0 Å². The lowest BCUT2D eigenvalue weighted by atomic mass is 10.1. The molecule has 0 radical (unpaired) electrons. The third-order valence-electron chi connectivity index (χ3n) is 4.14. The average molecular weight is 346 g/mol. The predicted molar refractivity (Wildman–Crippen MR) is 87.3 cm³/mol. The molecule has 0 spiro atoms. The Morgan fingerprint density at radius 2 is 2.38 bits per heavy atom. The smallest absolute Gasteiger partial charge is 0.358 e. The number of ether oxygens (including phenoxy) is 1. The zero-order valence-electron chi connectivity index (χ0n) is 13.0. The summed E-state index contributed by atoms with van der Waals surface area (Å²) in [5, 5.41) is 7.93. The van der Waals surface area contributed by atoms with Crippen LogP contribution in [0.5, 0.6) is 0 Å². The fourth-order valence-corrected chi connectivity index (χ4v) is 3.99. The van der Waals surface area contributed by atoms with Gasteiger partial charge in [0, 0.05) is 30.8 Å². The Morgan fingerprint density at radius 1 is 1.50 bits per heavy atom. The maximum absolute atomic E-state index is 13.3. The molecule has 1 aliphatic heterocycles. The molecule has 0 unspecified atom stereocenters. The lowest BCUT2D eigenvalue weighted by Gasteiger charge is -2.25. The molecule has 1 N–H and O–H groups in total. The van der Waals surface area contributed by atoms with E-state index in [9.17, 15) is 9.18 Å². The van der Waals surface area contributed by atoms with Crippen molar-refractivity contribution in [2.75, 3.05) is 13.7 Å². The third-order valence-corrected chi connectivity index (χ3v) is 5.15. The van der Waals surface area contributed by atoms with Crippen molar-refractivity contribution in [3.05, 3.63) is 46.0 Å². The zero-order chi connectivity index (χ0) is 16.7. The van der Waals surface area contributed by atoms with E-state index in [0.717, 1.165) is 39.4 Å². The number of carbonyl (C=O) groups excluding carboxylic acids is 1. The van der Waals surface area contributed by atoms with Crippen LogP contribution in [0.25, 0.3) is 10.2 Å². The molecule has 3 aromatic rings. The van der Waals surface area contributed by atoms with Crippen LogP contribution in [0.3, 0.4) is 0 Å². The van der Waals surface area contributed by atoms with Gasteiger partial charge in [0.05, 0.1) is 23.9 Å². The number of benzene rings is 1.